The lowest BCUT2D eigenvalue weighted by Gasteiger charge is -2.12. The summed E-state index contributed by atoms with van der Waals surface area (Å²) >= 11 is 0. The van der Waals surface area contributed by atoms with Crippen molar-refractivity contribution in [3.63, 3.8) is 0 Å². The topological polar surface area (TPSA) is 77.4 Å². The number of nitrogens with one attached hydrogen (secondary N) is 1. The lowest BCUT2D eigenvalue weighted by Crippen LogP contribution is -2.15. The van der Waals surface area contributed by atoms with E-state index in [2.05, 4.69) is 4.72 Å². The number of ether oxygens (including phenoxy) is 1. The molecule has 1 heterocycles. The molecule has 7 heteroatoms. The van der Waals surface area contributed by atoms with Crippen molar-refractivity contribution >= 4 is 21.7 Å². The van der Waals surface area contributed by atoms with E-state index >= 15 is 0 Å². The van der Waals surface area contributed by atoms with Crippen LogP contribution in [0.3, 0.4) is 0 Å². The molecule has 0 spiro atoms. The summed E-state index contributed by atoms with van der Waals surface area (Å²) in [6.45, 7) is 7.36. The molecule has 130 valence electrons. The summed E-state index contributed by atoms with van der Waals surface area (Å²) in [6, 6.07) is 6.77. The first-order chi connectivity index (χ1) is 11.2. The number of nitrogens with zero attached hydrogens (tertiary/aromatic N) is 1. The summed E-state index contributed by atoms with van der Waals surface area (Å²) in [5.74, 6) is -0.545. The quantitative estimate of drug-likeness (QED) is 0.841. The van der Waals surface area contributed by atoms with Crippen molar-refractivity contribution < 1.29 is 17.9 Å². The van der Waals surface area contributed by atoms with Crippen molar-refractivity contribution in [1.82, 2.24) is 4.57 Å². The molecule has 6 nitrogen and oxygen atoms in total. The van der Waals surface area contributed by atoms with Crippen molar-refractivity contribution in [2.75, 3.05) is 11.3 Å². The Bertz CT molecular complexity index is 882. The first-order valence-corrected chi connectivity index (χ1v) is 9.09. The van der Waals surface area contributed by atoms with Crippen molar-refractivity contribution in [3.8, 4) is 0 Å². The second kappa shape index (κ2) is 6.68. The third kappa shape index (κ3) is 3.31. The standard InChI is InChI=1S/C17H22N2O4S/c1-6-23-17(20)15-10-16(13(4)19(15)5)24(21,22)18-14-9-7-8-11(2)12(14)3/h7-10,18H,6H2,1-5H3. The molecule has 0 atom stereocenters. The van der Waals surface area contributed by atoms with Crippen LogP contribution in [0, 0.1) is 20.8 Å². The van der Waals surface area contributed by atoms with E-state index in [1.54, 1.807) is 33.0 Å². The van der Waals surface area contributed by atoms with Gasteiger partial charge in [-0.3, -0.25) is 4.72 Å². The van der Waals surface area contributed by atoms with Gasteiger partial charge in [0.1, 0.15) is 10.6 Å². The number of sulfonamides is 1. The number of esters is 1. The van der Waals surface area contributed by atoms with Crippen molar-refractivity contribution in [3.05, 3.63) is 46.8 Å². The molecule has 0 radical (unpaired) electrons. The van der Waals surface area contributed by atoms with E-state index in [1.807, 2.05) is 19.9 Å². The molecule has 1 aromatic carbocycles. The van der Waals surface area contributed by atoms with E-state index in [0.29, 0.717) is 11.4 Å². The highest BCUT2D eigenvalue weighted by molar-refractivity contribution is 7.92. The lowest BCUT2D eigenvalue weighted by atomic mass is 10.1. The fourth-order valence-corrected chi connectivity index (χ4v) is 3.82. The molecule has 0 saturated heterocycles. The zero-order valence-corrected chi connectivity index (χ0v) is 15.3. The molecule has 24 heavy (non-hydrogen) atoms. The van der Waals surface area contributed by atoms with E-state index in [4.69, 9.17) is 4.74 Å². The first-order valence-electron chi connectivity index (χ1n) is 7.61. The van der Waals surface area contributed by atoms with Crippen LogP contribution in [0.2, 0.25) is 0 Å². The molecule has 0 fully saturated rings. The maximum Gasteiger partial charge on any atom is 0.354 e. The monoisotopic (exact) mass is 350 g/mol. The molecule has 0 saturated carbocycles. The van der Waals surface area contributed by atoms with Gasteiger partial charge in [-0.15, -0.1) is 0 Å². The summed E-state index contributed by atoms with van der Waals surface area (Å²) in [5, 5.41) is 0. The fraction of sp³-hybridized carbons (Fsp3) is 0.353. The van der Waals surface area contributed by atoms with Crippen LogP contribution in [0.4, 0.5) is 5.69 Å². The molecule has 0 aliphatic rings. The molecular weight excluding hydrogens is 328 g/mol. The molecule has 0 aliphatic carbocycles. The highest BCUT2D eigenvalue weighted by atomic mass is 32.2. The lowest BCUT2D eigenvalue weighted by molar-refractivity contribution is 0.0515. The van der Waals surface area contributed by atoms with Crippen LogP contribution in [0.1, 0.15) is 34.2 Å². The largest absolute Gasteiger partial charge is 0.461 e. The first kappa shape index (κ1) is 18.1. The molecule has 0 aliphatic heterocycles. The average Bonchev–Trinajstić information content (AvgIpc) is 2.81. The number of carbonyl (C=O) groups is 1. The molecule has 0 amide bonds. The third-order valence-corrected chi connectivity index (χ3v) is 5.59. The zero-order chi connectivity index (χ0) is 18.1. The Labute approximate surface area is 142 Å². The Hall–Kier alpha value is -2.28. The normalized spacial score (nSPS) is 11.4. The van der Waals surface area contributed by atoms with E-state index in [9.17, 15) is 13.2 Å². The van der Waals surface area contributed by atoms with Crippen molar-refractivity contribution in [2.45, 2.75) is 32.6 Å². The molecule has 2 rings (SSSR count). The molecule has 0 unspecified atom stereocenters. The van der Waals surface area contributed by atoms with Gasteiger partial charge in [-0.2, -0.15) is 0 Å². The van der Waals surface area contributed by atoms with E-state index in [1.165, 1.54) is 10.6 Å². The highest BCUT2D eigenvalue weighted by Gasteiger charge is 2.25. The van der Waals surface area contributed by atoms with E-state index in [-0.39, 0.29) is 17.2 Å². The van der Waals surface area contributed by atoms with E-state index in [0.717, 1.165) is 11.1 Å². The number of aromatic nitrogens is 1. The highest BCUT2D eigenvalue weighted by Crippen LogP contribution is 2.25. The minimum absolute atomic E-state index is 0.0639. The summed E-state index contributed by atoms with van der Waals surface area (Å²) in [7, 11) is -2.17. The Morgan fingerprint density at radius 3 is 2.54 bits per heavy atom. The Morgan fingerprint density at radius 2 is 1.92 bits per heavy atom. The fourth-order valence-electron chi connectivity index (χ4n) is 2.41. The Kier molecular flexibility index (Phi) is 5.03. The molecular formula is C17H22N2O4S. The van der Waals surface area contributed by atoms with Crippen LogP contribution in [0.5, 0.6) is 0 Å². The number of hydrogen-bond acceptors (Lipinski definition) is 4. The minimum atomic E-state index is -3.81. The van der Waals surface area contributed by atoms with Crippen LogP contribution in [-0.2, 0) is 21.8 Å². The number of rotatable bonds is 5. The summed E-state index contributed by atoms with van der Waals surface area (Å²) in [5.41, 5.74) is 3.05. The second-order valence-corrected chi connectivity index (χ2v) is 7.26. The van der Waals surface area contributed by atoms with Gasteiger partial charge in [0, 0.05) is 12.7 Å². The van der Waals surface area contributed by atoms with Crippen LogP contribution < -0.4 is 4.72 Å². The number of anilines is 1. The number of carbonyl (C=O) groups excluding carboxylic acids is 1. The Morgan fingerprint density at radius 1 is 1.25 bits per heavy atom. The van der Waals surface area contributed by atoms with Gasteiger partial charge >= 0.3 is 5.97 Å². The van der Waals surface area contributed by atoms with Gasteiger partial charge in [0.15, 0.2) is 0 Å². The number of benzene rings is 1. The smallest absolute Gasteiger partial charge is 0.354 e. The van der Waals surface area contributed by atoms with Crippen LogP contribution in [-0.4, -0.2) is 25.6 Å². The summed E-state index contributed by atoms with van der Waals surface area (Å²) in [6.07, 6.45) is 0. The van der Waals surface area contributed by atoms with E-state index < -0.39 is 16.0 Å². The predicted octanol–water partition coefficient (Wildman–Crippen LogP) is 2.93. The van der Waals surface area contributed by atoms with Crippen LogP contribution >= 0.6 is 0 Å². The van der Waals surface area contributed by atoms with Gasteiger partial charge in [-0.1, -0.05) is 12.1 Å². The number of hydrogen-bond donors (Lipinski definition) is 1. The summed E-state index contributed by atoms with van der Waals surface area (Å²) < 4.78 is 34.6. The molecule has 1 N–H and O–H groups in total. The summed E-state index contributed by atoms with van der Waals surface area (Å²) in [4.78, 5) is 12.0. The minimum Gasteiger partial charge on any atom is -0.461 e. The third-order valence-electron chi connectivity index (χ3n) is 4.11. The SMILES string of the molecule is CCOC(=O)c1cc(S(=O)(=O)Nc2cccc(C)c2C)c(C)n1C. The van der Waals surface area contributed by atoms with Gasteiger partial charge in [0.05, 0.1) is 12.3 Å². The zero-order valence-electron chi connectivity index (χ0n) is 14.5. The average molecular weight is 350 g/mol. The van der Waals surface area contributed by atoms with Gasteiger partial charge in [0.2, 0.25) is 0 Å². The van der Waals surface area contributed by atoms with Crippen molar-refractivity contribution in [1.29, 1.82) is 0 Å². The van der Waals surface area contributed by atoms with Crippen LogP contribution in [0.25, 0.3) is 0 Å². The Balaban J connectivity index is 2.45. The maximum atomic E-state index is 12.8. The second-order valence-electron chi connectivity index (χ2n) is 5.61. The van der Waals surface area contributed by atoms with Gasteiger partial charge in [-0.25, -0.2) is 13.2 Å². The van der Waals surface area contributed by atoms with Crippen LogP contribution in [0.15, 0.2) is 29.2 Å². The van der Waals surface area contributed by atoms with Gasteiger partial charge < -0.3 is 9.30 Å². The predicted molar refractivity (Wildman–Crippen MR) is 92.8 cm³/mol. The molecule has 1 aromatic heterocycles. The molecule has 0 bridgehead atoms. The van der Waals surface area contributed by atoms with Crippen molar-refractivity contribution in [2.24, 2.45) is 7.05 Å². The number of aryl methyl sites for hydroxylation is 1. The van der Waals surface area contributed by atoms with Gasteiger partial charge in [0.25, 0.3) is 10.0 Å². The maximum absolute atomic E-state index is 12.8. The molecule has 2 aromatic rings. The van der Waals surface area contributed by atoms with Gasteiger partial charge in [-0.05, 0) is 51.0 Å².